The molecular formula is C17H25ClF3N3OS. The maximum atomic E-state index is 13.2. The first kappa shape index (κ1) is 23.1. The van der Waals surface area contributed by atoms with Crippen molar-refractivity contribution in [3.63, 3.8) is 0 Å². The first-order chi connectivity index (χ1) is 11.9. The molecule has 9 heteroatoms. The lowest BCUT2D eigenvalue weighted by atomic mass is 10.2. The molecule has 0 spiro atoms. The minimum atomic E-state index is -4.35. The Bertz CT molecular complexity index is 551. The molecule has 148 valence electrons. The minimum Gasteiger partial charge on any atom is -0.353 e. The molecule has 2 N–H and O–H groups in total. The Kier molecular flexibility index (Phi) is 9.78. The summed E-state index contributed by atoms with van der Waals surface area (Å²) < 4.78 is 39.7. The minimum absolute atomic E-state index is 0. The number of nitrogens with zero attached hydrogens (tertiary/aromatic N) is 1. The van der Waals surface area contributed by atoms with Gasteiger partial charge in [0.05, 0.1) is 5.75 Å². The number of hydrogen-bond acceptors (Lipinski definition) is 4. The van der Waals surface area contributed by atoms with Crippen LogP contribution in [0.5, 0.6) is 0 Å². The van der Waals surface area contributed by atoms with Gasteiger partial charge in [-0.2, -0.15) is 13.2 Å². The van der Waals surface area contributed by atoms with E-state index in [4.69, 9.17) is 0 Å². The van der Waals surface area contributed by atoms with Gasteiger partial charge in [-0.05, 0) is 12.5 Å². The Morgan fingerprint density at radius 2 is 1.88 bits per heavy atom. The quantitative estimate of drug-likeness (QED) is 0.724. The monoisotopic (exact) mass is 411 g/mol. The Morgan fingerprint density at radius 3 is 2.46 bits per heavy atom. The van der Waals surface area contributed by atoms with Crippen LogP contribution in [0, 0.1) is 6.92 Å². The fraction of sp³-hybridized carbons (Fsp3) is 0.588. The van der Waals surface area contributed by atoms with Gasteiger partial charge in [0, 0.05) is 38.5 Å². The van der Waals surface area contributed by atoms with E-state index in [1.165, 1.54) is 16.7 Å². The molecule has 1 aliphatic heterocycles. The Balaban J connectivity index is 0.00000338. The second-order valence-corrected chi connectivity index (χ2v) is 7.11. The standard InChI is InChI=1S/C17H24F3N3OS.ClH/c1-13-2-4-14(5-3-13)11-25-12-16(24)22-10-15(17(18,19)20)23-8-6-21-7-9-23;/h2-5,15,21H,6-12H2,1H3,(H,22,24);1H. The summed E-state index contributed by atoms with van der Waals surface area (Å²) in [6.07, 6.45) is -4.35. The van der Waals surface area contributed by atoms with E-state index in [1.54, 1.807) is 0 Å². The lowest BCUT2D eigenvalue weighted by Crippen LogP contribution is -2.57. The molecular weight excluding hydrogens is 387 g/mol. The van der Waals surface area contributed by atoms with Gasteiger partial charge in [0.2, 0.25) is 5.91 Å². The third-order valence-corrected chi connectivity index (χ3v) is 5.09. The van der Waals surface area contributed by atoms with E-state index >= 15 is 0 Å². The third kappa shape index (κ3) is 7.73. The van der Waals surface area contributed by atoms with Gasteiger partial charge < -0.3 is 10.6 Å². The maximum Gasteiger partial charge on any atom is 0.405 e. The average molecular weight is 412 g/mol. The SMILES string of the molecule is Cc1ccc(CSCC(=O)NCC(N2CCNCC2)C(F)(F)F)cc1.Cl. The van der Waals surface area contributed by atoms with E-state index in [0.29, 0.717) is 31.9 Å². The molecule has 1 aliphatic rings. The van der Waals surface area contributed by atoms with E-state index in [9.17, 15) is 18.0 Å². The molecule has 1 atom stereocenters. The molecule has 1 saturated heterocycles. The van der Waals surface area contributed by atoms with Crippen LogP contribution in [-0.4, -0.2) is 61.5 Å². The van der Waals surface area contributed by atoms with E-state index < -0.39 is 18.8 Å². The molecule has 0 bridgehead atoms. The van der Waals surface area contributed by atoms with E-state index in [0.717, 1.165) is 11.1 Å². The first-order valence-corrected chi connectivity index (χ1v) is 9.43. The summed E-state index contributed by atoms with van der Waals surface area (Å²) in [5.74, 6) is 0.454. The van der Waals surface area contributed by atoms with Gasteiger partial charge in [0.15, 0.2) is 0 Å². The van der Waals surface area contributed by atoms with Gasteiger partial charge in [0.25, 0.3) is 0 Å². The van der Waals surface area contributed by atoms with E-state index in [1.807, 2.05) is 31.2 Å². The number of carbonyl (C=O) groups is 1. The van der Waals surface area contributed by atoms with Crippen molar-refractivity contribution in [2.45, 2.75) is 24.9 Å². The molecule has 1 aromatic carbocycles. The molecule has 0 radical (unpaired) electrons. The molecule has 4 nitrogen and oxygen atoms in total. The van der Waals surface area contributed by atoms with Crippen molar-refractivity contribution in [2.24, 2.45) is 0 Å². The zero-order valence-corrected chi connectivity index (χ0v) is 16.3. The number of rotatable bonds is 7. The van der Waals surface area contributed by atoms with Gasteiger partial charge >= 0.3 is 6.18 Å². The smallest absolute Gasteiger partial charge is 0.353 e. The number of aryl methyl sites for hydroxylation is 1. The summed E-state index contributed by atoms with van der Waals surface area (Å²) in [4.78, 5) is 13.3. The molecule has 1 unspecified atom stereocenters. The van der Waals surface area contributed by atoms with Crippen molar-refractivity contribution in [1.82, 2.24) is 15.5 Å². The van der Waals surface area contributed by atoms with Crippen molar-refractivity contribution < 1.29 is 18.0 Å². The highest BCUT2D eigenvalue weighted by Crippen LogP contribution is 2.24. The van der Waals surface area contributed by atoms with Crippen LogP contribution in [0.3, 0.4) is 0 Å². The first-order valence-electron chi connectivity index (χ1n) is 8.28. The summed E-state index contributed by atoms with van der Waals surface area (Å²) in [5, 5.41) is 5.47. The Morgan fingerprint density at radius 1 is 1.27 bits per heavy atom. The lowest BCUT2D eigenvalue weighted by Gasteiger charge is -2.35. The van der Waals surface area contributed by atoms with E-state index in [-0.39, 0.29) is 24.1 Å². The molecule has 0 saturated carbocycles. The van der Waals surface area contributed by atoms with Crippen LogP contribution in [0.4, 0.5) is 13.2 Å². The van der Waals surface area contributed by atoms with Gasteiger partial charge in [0.1, 0.15) is 6.04 Å². The fourth-order valence-corrected chi connectivity index (χ4v) is 3.47. The number of nitrogens with one attached hydrogen (secondary N) is 2. The van der Waals surface area contributed by atoms with Gasteiger partial charge in [-0.15, -0.1) is 24.2 Å². The number of piperazine rings is 1. The molecule has 2 rings (SSSR count). The normalized spacial score (nSPS) is 16.6. The number of thioether (sulfide) groups is 1. The maximum absolute atomic E-state index is 13.2. The predicted molar refractivity (Wildman–Crippen MR) is 102 cm³/mol. The van der Waals surface area contributed by atoms with Crippen molar-refractivity contribution in [2.75, 3.05) is 38.5 Å². The highest BCUT2D eigenvalue weighted by atomic mass is 35.5. The van der Waals surface area contributed by atoms with Gasteiger partial charge in [-0.1, -0.05) is 29.8 Å². The predicted octanol–water partition coefficient (Wildman–Crippen LogP) is 2.60. The fourth-order valence-electron chi connectivity index (χ4n) is 2.65. The molecule has 0 aliphatic carbocycles. The van der Waals surface area contributed by atoms with Gasteiger partial charge in [-0.3, -0.25) is 9.69 Å². The van der Waals surface area contributed by atoms with Crippen LogP contribution in [0.15, 0.2) is 24.3 Å². The van der Waals surface area contributed by atoms with Crippen LogP contribution >= 0.6 is 24.2 Å². The number of alkyl halides is 3. The van der Waals surface area contributed by atoms with Crippen molar-refractivity contribution in [3.05, 3.63) is 35.4 Å². The van der Waals surface area contributed by atoms with Crippen LogP contribution < -0.4 is 10.6 Å². The van der Waals surface area contributed by atoms with E-state index in [2.05, 4.69) is 10.6 Å². The van der Waals surface area contributed by atoms with Crippen molar-refractivity contribution in [3.8, 4) is 0 Å². The second-order valence-electron chi connectivity index (χ2n) is 6.13. The molecule has 1 amide bonds. The zero-order chi connectivity index (χ0) is 18.3. The number of carbonyl (C=O) groups excluding carboxylic acids is 1. The molecule has 26 heavy (non-hydrogen) atoms. The summed E-state index contributed by atoms with van der Waals surface area (Å²) >= 11 is 1.40. The molecule has 1 heterocycles. The molecule has 1 fully saturated rings. The van der Waals surface area contributed by atoms with Crippen LogP contribution in [-0.2, 0) is 10.5 Å². The molecule has 1 aromatic rings. The van der Waals surface area contributed by atoms with Crippen molar-refractivity contribution in [1.29, 1.82) is 0 Å². The highest BCUT2D eigenvalue weighted by Gasteiger charge is 2.43. The summed E-state index contributed by atoms with van der Waals surface area (Å²) in [6, 6.07) is 6.35. The second kappa shape index (κ2) is 11.0. The number of amides is 1. The topological polar surface area (TPSA) is 44.4 Å². The third-order valence-electron chi connectivity index (χ3n) is 4.09. The lowest BCUT2D eigenvalue weighted by molar-refractivity contribution is -0.183. The summed E-state index contributed by atoms with van der Waals surface area (Å²) in [7, 11) is 0. The van der Waals surface area contributed by atoms with Crippen LogP contribution in [0.1, 0.15) is 11.1 Å². The zero-order valence-electron chi connectivity index (χ0n) is 14.6. The average Bonchev–Trinajstić information content (AvgIpc) is 2.56. The summed E-state index contributed by atoms with van der Waals surface area (Å²) in [6.45, 7) is 3.34. The number of benzene rings is 1. The highest BCUT2D eigenvalue weighted by molar-refractivity contribution is 7.99. The number of halogens is 4. The number of hydrogen-bond donors (Lipinski definition) is 2. The largest absolute Gasteiger partial charge is 0.405 e. The van der Waals surface area contributed by atoms with Crippen LogP contribution in [0.25, 0.3) is 0 Å². The van der Waals surface area contributed by atoms with Crippen LogP contribution in [0.2, 0.25) is 0 Å². The Hall–Kier alpha value is -0.960. The summed E-state index contributed by atoms with van der Waals surface area (Å²) in [5.41, 5.74) is 2.26. The Labute approximate surface area is 162 Å². The van der Waals surface area contributed by atoms with Gasteiger partial charge in [-0.25, -0.2) is 0 Å². The van der Waals surface area contributed by atoms with Crippen molar-refractivity contribution >= 4 is 30.1 Å². The molecule has 0 aromatic heterocycles.